The van der Waals surface area contributed by atoms with E-state index in [1.54, 1.807) is 0 Å². The lowest BCUT2D eigenvalue weighted by Crippen LogP contribution is -2.36. The summed E-state index contributed by atoms with van der Waals surface area (Å²) in [6.45, 7) is 5.56. The van der Waals surface area contributed by atoms with Crippen molar-refractivity contribution in [3.8, 4) is 0 Å². The first kappa shape index (κ1) is 18.0. The number of aryl methyl sites for hydroxylation is 1. The minimum atomic E-state index is 0.0539. The molecule has 2 aliphatic rings. The fourth-order valence-corrected chi connectivity index (χ4v) is 4.17. The summed E-state index contributed by atoms with van der Waals surface area (Å²) in [4.78, 5) is 26.1. The van der Waals surface area contributed by atoms with Crippen LogP contribution in [0.1, 0.15) is 47.4 Å². The van der Waals surface area contributed by atoms with Crippen molar-refractivity contribution in [3.05, 3.63) is 53.3 Å². The molecule has 0 spiro atoms. The number of anilines is 1. The van der Waals surface area contributed by atoms with Crippen molar-refractivity contribution in [2.75, 3.05) is 31.1 Å². The monoisotopic (exact) mass is 364 g/mol. The molecular weight excluding hydrogens is 336 g/mol. The molecule has 0 unspecified atom stereocenters. The number of nitrogens with zero attached hydrogens (tertiary/aromatic N) is 4. The van der Waals surface area contributed by atoms with Crippen molar-refractivity contribution in [1.29, 1.82) is 0 Å². The molecule has 27 heavy (non-hydrogen) atoms. The number of rotatable bonds is 4. The van der Waals surface area contributed by atoms with Gasteiger partial charge in [-0.25, -0.2) is 9.97 Å². The zero-order valence-corrected chi connectivity index (χ0v) is 16.1. The van der Waals surface area contributed by atoms with Crippen LogP contribution in [0.3, 0.4) is 0 Å². The number of benzene rings is 1. The molecule has 0 aliphatic carbocycles. The molecule has 2 aromatic rings. The van der Waals surface area contributed by atoms with Crippen molar-refractivity contribution < 1.29 is 4.79 Å². The van der Waals surface area contributed by atoms with Gasteiger partial charge in [-0.3, -0.25) is 4.79 Å². The van der Waals surface area contributed by atoms with Gasteiger partial charge in [-0.2, -0.15) is 0 Å². The number of likely N-dealkylation sites (tertiary alicyclic amines) is 1. The molecule has 4 rings (SSSR count). The van der Waals surface area contributed by atoms with Gasteiger partial charge in [0.25, 0.3) is 5.91 Å². The molecule has 1 aromatic heterocycles. The summed E-state index contributed by atoms with van der Waals surface area (Å²) in [6.07, 6.45) is 5.61. The van der Waals surface area contributed by atoms with Crippen LogP contribution in [0.15, 0.2) is 36.4 Å². The highest BCUT2D eigenvalue weighted by Gasteiger charge is 2.25. The molecule has 142 valence electrons. The zero-order valence-electron chi connectivity index (χ0n) is 16.1. The van der Waals surface area contributed by atoms with Crippen molar-refractivity contribution in [1.82, 2.24) is 14.9 Å². The van der Waals surface area contributed by atoms with E-state index in [-0.39, 0.29) is 5.91 Å². The van der Waals surface area contributed by atoms with E-state index in [1.165, 1.54) is 5.56 Å². The molecule has 2 fully saturated rings. The molecule has 2 saturated heterocycles. The van der Waals surface area contributed by atoms with E-state index in [2.05, 4.69) is 45.2 Å². The van der Waals surface area contributed by atoms with E-state index in [0.717, 1.165) is 69.9 Å². The number of piperidine rings is 1. The third-order valence-corrected chi connectivity index (χ3v) is 5.72. The van der Waals surface area contributed by atoms with Gasteiger partial charge < -0.3 is 9.80 Å². The van der Waals surface area contributed by atoms with Gasteiger partial charge in [0.15, 0.2) is 0 Å². The van der Waals surface area contributed by atoms with Gasteiger partial charge in [-0.05, 0) is 56.6 Å². The predicted molar refractivity (Wildman–Crippen MR) is 107 cm³/mol. The summed E-state index contributed by atoms with van der Waals surface area (Å²) < 4.78 is 0. The molecule has 0 saturated carbocycles. The van der Waals surface area contributed by atoms with Crippen LogP contribution in [0.2, 0.25) is 0 Å². The molecule has 1 aromatic carbocycles. The third kappa shape index (κ3) is 4.29. The Morgan fingerprint density at radius 2 is 1.74 bits per heavy atom. The average molecular weight is 364 g/mol. The van der Waals surface area contributed by atoms with Crippen molar-refractivity contribution >= 4 is 11.9 Å². The van der Waals surface area contributed by atoms with Crippen LogP contribution in [0.25, 0.3) is 0 Å². The number of aromatic nitrogens is 2. The highest BCUT2D eigenvalue weighted by Crippen LogP contribution is 2.24. The van der Waals surface area contributed by atoms with Gasteiger partial charge in [0.2, 0.25) is 5.95 Å². The minimum Gasteiger partial charge on any atom is -0.341 e. The van der Waals surface area contributed by atoms with Crippen LogP contribution < -0.4 is 4.90 Å². The Morgan fingerprint density at radius 1 is 1.04 bits per heavy atom. The quantitative estimate of drug-likeness (QED) is 0.833. The SMILES string of the molecule is Cc1cc(C(=O)N2CCCC2)nc(N2CCC(Cc3ccccc3)CC2)n1. The van der Waals surface area contributed by atoms with Crippen LogP contribution in [0.5, 0.6) is 0 Å². The van der Waals surface area contributed by atoms with Crippen molar-refractivity contribution in [2.24, 2.45) is 5.92 Å². The lowest BCUT2D eigenvalue weighted by molar-refractivity contribution is 0.0786. The summed E-state index contributed by atoms with van der Waals surface area (Å²) in [5.41, 5.74) is 2.83. The second-order valence-corrected chi connectivity index (χ2v) is 7.81. The normalized spacial score (nSPS) is 18.1. The molecule has 0 bridgehead atoms. The van der Waals surface area contributed by atoms with E-state index < -0.39 is 0 Å². The largest absolute Gasteiger partial charge is 0.341 e. The Labute approximate surface area is 161 Å². The maximum absolute atomic E-state index is 12.7. The maximum atomic E-state index is 12.7. The van der Waals surface area contributed by atoms with Gasteiger partial charge in [0.05, 0.1) is 0 Å². The second-order valence-electron chi connectivity index (χ2n) is 7.81. The molecule has 0 radical (unpaired) electrons. The van der Waals surface area contributed by atoms with Crippen LogP contribution in [0, 0.1) is 12.8 Å². The Hall–Kier alpha value is -2.43. The lowest BCUT2D eigenvalue weighted by Gasteiger charge is -2.32. The fourth-order valence-electron chi connectivity index (χ4n) is 4.17. The van der Waals surface area contributed by atoms with Gasteiger partial charge in [-0.15, -0.1) is 0 Å². The molecule has 0 N–H and O–H groups in total. The van der Waals surface area contributed by atoms with Crippen molar-refractivity contribution in [3.63, 3.8) is 0 Å². The van der Waals surface area contributed by atoms with E-state index in [4.69, 9.17) is 0 Å². The number of amides is 1. The Balaban J connectivity index is 1.41. The van der Waals surface area contributed by atoms with E-state index in [9.17, 15) is 4.79 Å². The Morgan fingerprint density at radius 3 is 2.44 bits per heavy atom. The summed E-state index contributed by atoms with van der Waals surface area (Å²) in [5.74, 6) is 1.48. The first-order valence-electron chi connectivity index (χ1n) is 10.1. The second kappa shape index (κ2) is 8.07. The fraction of sp³-hybridized carbons (Fsp3) is 0.500. The Kier molecular flexibility index (Phi) is 5.37. The highest BCUT2D eigenvalue weighted by molar-refractivity contribution is 5.92. The summed E-state index contributed by atoms with van der Waals surface area (Å²) in [7, 11) is 0. The smallest absolute Gasteiger partial charge is 0.272 e. The first-order chi connectivity index (χ1) is 13.2. The van der Waals surface area contributed by atoms with Crippen LogP contribution >= 0.6 is 0 Å². The summed E-state index contributed by atoms with van der Waals surface area (Å²) in [6, 6.07) is 12.6. The summed E-state index contributed by atoms with van der Waals surface area (Å²) in [5, 5.41) is 0. The molecule has 1 amide bonds. The van der Waals surface area contributed by atoms with E-state index in [0.29, 0.717) is 11.6 Å². The number of hydrogen-bond acceptors (Lipinski definition) is 4. The third-order valence-electron chi connectivity index (χ3n) is 5.72. The molecule has 3 heterocycles. The van der Waals surface area contributed by atoms with Gasteiger partial charge in [-0.1, -0.05) is 30.3 Å². The first-order valence-corrected chi connectivity index (χ1v) is 10.1. The molecule has 2 aliphatic heterocycles. The van der Waals surface area contributed by atoms with Crippen LogP contribution in [0.4, 0.5) is 5.95 Å². The maximum Gasteiger partial charge on any atom is 0.272 e. The number of hydrogen-bond donors (Lipinski definition) is 0. The summed E-state index contributed by atoms with van der Waals surface area (Å²) >= 11 is 0. The highest BCUT2D eigenvalue weighted by atomic mass is 16.2. The molecular formula is C22H28N4O. The predicted octanol–water partition coefficient (Wildman–Crippen LogP) is 3.48. The lowest BCUT2D eigenvalue weighted by atomic mass is 9.90. The van der Waals surface area contributed by atoms with Gasteiger partial charge in [0.1, 0.15) is 5.69 Å². The van der Waals surface area contributed by atoms with Crippen LogP contribution in [-0.2, 0) is 6.42 Å². The van der Waals surface area contributed by atoms with Crippen molar-refractivity contribution in [2.45, 2.75) is 39.0 Å². The topological polar surface area (TPSA) is 49.3 Å². The average Bonchev–Trinajstić information content (AvgIpc) is 3.23. The number of carbonyl (C=O) groups is 1. The van der Waals surface area contributed by atoms with Crippen LogP contribution in [-0.4, -0.2) is 47.0 Å². The molecule has 0 atom stereocenters. The van der Waals surface area contributed by atoms with Gasteiger partial charge in [0, 0.05) is 31.9 Å². The zero-order chi connectivity index (χ0) is 18.6. The van der Waals surface area contributed by atoms with E-state index >= 15 is 0 Å². The molecule has 5 nitrogen and oxygen atoms in total. The number of carbonyl (C=O) groups excluding carboxylic acids is 1. The Bertz CT molecular complexity index is 778. The van der Waals surface area contributed by atoms with E-state index in [1.807, 2.05) is 17.9 Å². The minimum absolute atomic E-state index is 0.0539. The van der Waals surface area contributed by atoms with Gasteiger partial charge >= 0.3 is 0 Å². The molecule has 5 heteroatoms. The standard InChI is InChI=1S/C22H28N4O/c1-17-15-20(21(27)25-11-5-6-12-25)24-22(23-17)26-13-9-19(10-14-26)16-18-7-3-2-4-8-18/h2-4,7-8,15,19H,5-6,9-14,16H2,1H3.